The lowest BCUT2D eigenvalue weighted by molar-refractivity contribution is 0.0698. The van der Waals surface area contributed by atoms with Crippen LogP contribution in [0.5, 0.6) is 0 Å². The quantitative estimate of drug-likeness (QED) is 0.880. The molecule has 0 aliphatic carbocycles. The molecule has 0 unspecified atom stereocenters. The molecule has 2 aromatic rings. The molecular formula is C17H22N4O3S. The van der Waals surface area contributed by atoms with Crippen molar-refractivity contribution in [1.82, 2.24) is 20.0 Å². The van der Waals surface area contributed by atoms with Gasteiger partial charge >= 0.3 is 0 Å². The van der Waals surface area contributed by atoms with Crippen molar-refractivity contribution in [3.05, 3.63) is 42.2 Å². The maximum Gasteiger partial charge on any atom is 0.257 e. The molecule has 1 atom stereocenters. The van der Waals surface area contributed by atoms with Gasteiger partial charge in [-0.2, -0.15) is 5.10 Å². The van der Waals surface area contributed by atoms with Crippen LogP contribution in [-0.2, 0) is 9.84 Å². The number of rotatable bonds is 4. The Balaban J connectivity index is 1.87. The van der Waals surface area contributed by atoms with Crippen LogP contribution < -0.4 is 5.32 Å². The van der Waals surface area contributed by atoms with Gasteiger partial charge in [0.25, 0.3) is 5.91 Å². The predicted molar refractivity (Wildman–Crippen MR) is 94.7 cm³/mol. The first-order valence-corrected chi connectivity index (χ1v) is 10.1. The van der Waals surface area contributed by atoms with Crippen LogP contribution in [-0.4, -0.2) is 61.4 Å². The number of likely N-dealkylation sites (N-methyl/N-ethyl adjacent to an activating group) is 1. The van der Waals surface area contributed by atoms with Gasteiger partial charge in [-0.3, -0.25) is 4.79 Å². The molecule has 0 saturated carbocycles. The highest BCUT2D eigenvalue weighted by Gasteiger charge is 2.25. The van der Waals surface area contributed by atoms with Gasteiger partial charge in [-0.15, -0.1) is 0 Å². The third-order valence-electron chi connectivity index (χ3n) is 4.46. The van der Waals surface area contributed by atoms with Gasteiger partial charge in [0.1, 0.15) is 0 Å². The van der Waals surface area contributed by atoms with Crippen molar-refractivity contribution >= 4 is 15.7 Å². The normalized spacial score (nSPS) is 18.3. The third-order valence-corrected chi connectivity index (χ3v) is 5.60. The summed E-state index contributed by atoms with van der Waals surface area (Å²) in [6.07, 6.45) is 6.26. The highest BCUT2D eigenvalue weighted by Crippen LogP contribution is 2.20. The molecule has 0 spiro atoms. The number of piperidine rings is 1. The maximum atomic E-state index is 12.7. The van der Waals surface area contributed by atoms with Crippen molar-refractivity contribution in [2.45, 2.75) is 23.8 Å². The molecule has 1 amide bonds. The van der Waals surface area contributed by atoms with E-state index in [2.05, 4.69) is 10.4 Å². The van der Waals surface area contributed by atoms with Crippen molar-refractivity contribution < 1.29 is 13.2 Å². The van der Waals surface area contributed by atoms with Gasteiger partial charge in [0.15, 0.2) is 9.84 Å². The first-order valence-electron chi connectivity index (χ1n) is 8.21. The number of likely N-dealkylation sites (tertiary alicyclic amines) is 1. The smallest absolute Gasteiger partial charge is 0.257 e. The van der Waals surface area contributed by atoms with Crippen molar-refractivity contribution in [1.29, 1.82) is 0 Å². The Bertz CT molecular complexity index is 876. The van der Waals surface area contributed by atoms with Crippen LogP contribution >= 0.6 is 0 Å². The first kappa shape index (κ1) is 17.6. The van der Waals surface area contributed by atoms with Crippen molar-refractivity contribution in [2.24, 2.45) is 0 Å². The fraction of sp³-hybridized carbons (Fsp3) is 0.412. The molecule has 1 aliphatic heterocycles. The monoisotopic (exact) mass is 362 g/mol. The Kier molecular flexibility index (Phi) is 4.91. The van der Waals surface area contributed by atoms with Crippen LogP contribution in [0.15, 0.2) is 41.6 Å². The van der Waals surface area contributed by atoms with Crippen molar-refractivity contribution in [3.63, 3.8) is 0 Å². The second-order valence-corrected chi connectivity index (χ2v) is 8.28. The average Bonchev–Trinajstić information content (AvgIpc) is 3.10. The summed E-state index contributed by atoms with van der Waals surface area (Å²) >= 11 is 0. The number of carbonyl (C=O) groups excluding carboxylic acids is 1. The lowest BCUT2D eigenvalue weighted by Gasteiger charge is -2.32. The Hall–Kier alpha value is -2.19. The fourth-order valence-corrected chi connectivity index (χ4v) is 3.97. The van der Waals surface area contributed by atoms with E-state index in [1.54, 1.807) is 24.4 Å². The average molecular weight is 362 g/mol. The van der Waals surface area contributed by atoms with Crippen molar-refractivity contribution in [3.8, 4) is 5.69 Å². The predicted octanol–water partition coefficient (Wildman–Crippen LogP) is 1.10. The zero-order valence-corrected chi connectivity index (χ0v) is 15.2. The van der Waals surface area contributed by atoms with E-state index in [1.165, 1.54) is 16.9 Å². The minimum absolute atomic E-state index is 0.0805. The molecule has 1 fully saturated rings. The molecule has 1 aromatic carbocycles. The minimum Gasteiger partial charge on any atom is -0.337 e. The van der Waals surface area contributed by atoms with Gasteiger partial charge in [-0.05, 0) is 32.0 Å². The van der Waals surface area contributed by atoms with Gasteiger partial charge in [-0.25, -0.2) is 13.1 Å². The lowest BCUT2D eigenvalue weighted by atomic mass is 10.1. The molecular weight excluding hydrogens is 340 g/mol. The van der Waals surface area contributed by atoms with E-state index in [0.29, 0.717) is 23.8 Å². The number of hydrogen-bond acceptors (Lipinski definition) is 5. The molecule has 25 heavy (non-hydrogen) atoms. The Morgan fingerprint density at radius 2 is 2.08 bits per heavy atom. The number of benzene rings is 1. The van der Waals surface area contributed by atoms with Crippen LogP contribution in [0.25, 0.3) is 5.69 Å². The topological polar surface area (TPSA) is 84.3 Å². The number of nitrogens with one attached hydrogen (secondary N) is 1. The highest BCUT2D eigenvalue weighted by atomic mass is 32.2. The maximum absolute atomic E-state index is 12.7. The second-order valence-electron chi connectivity index (χ2n) is 6.29. The highest BCUT2D eigenvalue weighted by molar-refractivity contribution is 7.90. The van der Waals surface area contributed by atoms with Gasteiger partial charge in [0.2, 0.25) is 0 Å². The SMILES string of the molecule is CN[C@@H]1CCCN(C(=O)c2cnn(-c3ccccc3S(C)(=O)=O)c2)C1. The number of hydrogen-bond donors (Lipinski definition) is 1. The zero-order valence-electron chi connectivity index (χ0n) is 14.3. The zero-order chi connectivity index (χ0) is 18.0. The van der Waals surface area contributed by atoms with Crippen LogP contribution in [0.2, 0.25) is 0 Å². The molecule has 134 valence electrons. The molecule has 2 heterocycles. The van der Waals surface area contributed by atoms with Crippen LogP contribution in [0.4, 0.5) is 0 Å². The summed E-state index contributed by atoms with van der Waals surface area (Å²) in [6, 6.07) is 6.93. The van der Waals surface area contributed by atoms with Crippen molar-refractivity contribution in [2.75, 3.05) is 26.4 Å². The summed E-state index contributed by atoms with van der Waals surface area (Å²) in [7, 11) is -1.49. The van der Waals surface area contributed by atoms with E-state index >= 15 is 0 Å². The van der Waals surface area contributed by atoms with Crippen LogP contribution in [0, 0.1) is 0 Å². The summed E-state index contributed by atoms with van der Waals surface area (Å²) in [5, 5.41) is 7.42. The van der Waals surface area contributed by atoms with E-state index in [0.717, 1.165) is 25.6 Å². The van der Waals surface area contributed by atoms with Gasteiger partial charge in [-0.1, -0.05) is 12.1 Å². The third kappa shape index (κ3) is 3.74. The Labute approximate surface area is 147 Å². The number of amides is 1. The molecule has 0 radical (unpaired) electrons. The molecule has 0 bridgehead atoms. The van der Waals surface area contributed by atoms with Gasteiger partial charge < -0.3 is 10.2 Å². The van der Waals surface area contributed by atoms with Crippen LogP contribution in [0.3, 0.4) is 0 Å². The molecule has 1 saturated heterocycles. The molecule has 7 nitrogen and oxygen atoms in total. The number of aromatic nitrogens is 2. The number of carbonyl (C=O) groups is 1. The fourth-order valence-electron chi connectivity index (χ4n) is 3.10. The van der Waals surface area contributed by atoms with E-state index in [9.17, 15) is 13.2 Å². The lowest BCUT2D eigenvalue weighted by Crippen LogP contribution is -2.46. The summed E-state index contributed by atoms with van der Waals surface area (Å²) in [4.78, 5) is 14.7. The van der Waals surface area contributed by atoms with E-state index in [1.807, 2.05) is 11.9 Å². The van der Waals surface area contributed by atoms with Gasteiger partial charge in [0.05, 0.1) is 22.3 Å². The molecule has 3 rings (SSSR count). The summed E-state index contributed by atoms with van der Waals surface area (Å²) in [5.74, 6) is -0.0805. The Morgan fingerprint density at radius 3 is 2.80 bits per heavy atom. The number of nitrogens with zero attached hydrogens (tertiary/aromatic N) is 3. The summed E-state index contributed by atoms with van der Waals surface area (Å²) < 4.78 is 25.4. The Morgan fingerprint density at radius 1 is 1.32 bits per heavy atom. The number of para-hydroxylation sites is 1. The standard InChI is InChI=1S/C17H22N4O3S/c1-18-14-6-5-9-20(12-14)17(22)13-10-19-21(11-13)15-7-3-4-8-16(15)25(2,23)24/h3-4,7-8,10-11,14,18H,5-6,9,12H2,1-2H3/t14-/m1/s1. The largest absolute Gasteiger partial charge is 0.337 e. The summed E-state index contributed by atoms with van der Waals surface area (Å²) in [5.41, 5.74) is 0.899. The van der Waals surface area contributed by atoms with E-state index < -0.39 is 9.84 Å². The number of sulfone groups is 1. The van der Waals surface area contributed by atoms with Crippen LogP contribution in [0.1, 0.15) is 23.2 Å². The molecule has 1 aliphatic rings. The molecule has 1 N–H and O–H groups in total. The molecule has 1 aromatic heterocycles. The van der Waals surface area contributed by atoms with E-state index in [4.69, 9.17) is 0 Å². The van der Waals surface area contributed by atoms with Gasteiger partial charge in [0, 0.05) is 31.6 Å². The first-order chi connectivity index (χ1) is 11.9. The minimum atomic E-state index is -3.39. The molecule has 8 heteroatoms. The second kappa shape index (κ2) is 6.97. The summed E-state index contributed by atoms with van der Waals surface area (Å²) in [6.45, 7) is 1.39. The van der Waals surface area contributed by atoms with E-state index in [-0.39, 0.29) is 10.8 Å².